The Morgan fingerprint density at radius 2 is 1.78 bits per heavy atom. The number of anilines is 1. The van der Waals surface area contributed by atoms with E-state index < -0.39 is 0 Å². The first-order valence-electron chi connectivity index (χ1n) is 13.8. The molecule has 0 saturated heterocycles. The maximum atomic E-state index is 5.18. The number of benzene rings is 1. The van der Waals surface area contributed by atoms with E-state index >= 15 is 0 Å². The number of aryl methyl sites for hydroxylation is 2. The second kappa shape index (κ2) is 11.3. The summed E-state index contributed by atoms with van der Waals surface area (Å²) in [5.41, 5.74) is 12.0. The number of hydrogen-bond donors (Lipinski definition) is 1. The van der Waals surface area contributed by atoms with Gasteiger partial charge in [0.25, 0.3) is 0 Å². The topological polar surface area (TPSA) is 42.7 Å². The van der Waals surface area contributed by atoms with Gasteiger partial charge < -0.3 is 9.88 Å². The normalized spacial score (nSPS) is 13.4. The molecule has 1 aromatic carbocycles. The van der Waals surface area contributed by atoms with Gasteiger partial charge in [-0.1, -0.05) is 51.5 Å². The second-order valence-electron chi connectivity index (χ2n) is 10.0. The minimum atomic E-state index is 0.362. The molecule has 4 heteroatoms. The average molecular weight is 483 g/mol. The fraction of sp³-hybridized carbons (Fsp3) is 0.438. The van der Waals surface area contributed by atoms with Gasteiger partial charge in [-0.15, -0.1) is 0 Å². The quantitative estimate of drug-likeness (QED) is 0.286. The van der Waals surface area contributed by atoms with Gasteiger partial charge in [0.05, 0.1) is 22.4 Å². The molecule has 1 saturated carbocycles. The van der Waals surface area contributed by atoms with Crippen molar-refractivity contribution in [1.82, 2.24) is 14.5 Å². The van der Waals surface area contributed by atoms with Gasteiger partial charge in [-0.3, -0.25) is 4.98 Å². The summed E-state index contributed by atoms with van der Waals surface area (Å²) in [6.45, 7) is 15.8. The van der Waals surface area contributed by atoms with E-state index in [1.54, 1.807) is 0 Å². The van der Waals surface area contributed by atoms with Crippen molar-refractivity contribution in [3.8, 4) is 11.3 Å². The summed E-state index contributed by atoms with van der Waals surface area (Å²) in [6, 6.07) is 15.9. The van der Waals surface area contributed by atoms with Gasteiger partial charge in [0.2, 0.25) is 0 Å². The zero-order valence-corrected chi connectivity index (χ0v) is 23.2. The van der Waals surface area contributed by atoms with E-state index in [4.69, 9.17) is 4.98 Å². The van der Waals surface area contributed by atoms with E-state index in [2.05, 4.69) is 85.9 Å². The van der Waals surface area contributed by atoms with Crippen LogP contribution in [0.5, 0.6) is 0 Å². The van der Waals surface area contributed by atoms with Gasteiger partial charge in [-0.25, -0.2) is 4.98 Å². The largest absolute Gasteiger partial charge is 0.379 e. The predicted molar refractivity (Wildman–Crippen MR) is 154 cm³/mol. The summed E-state index contributed by atoms with van der Waals surface area (Å²) in [4.78, 5) is 9.70. The number of hydrogen-bond acceptors (Lipinski definition) is 3. The highest BCUT2D eigenvalue weighted by Crippen LogP contribution is 2.38. The first kappa shape index (κ1) is 25.9. The lowest BCUT2D eigenvalue weighted by Crippen LogP contribution is -2.09. The highest BCUT2D eigenvalue weighted by Gasteiger charge is 2.22. The van der Waals surface area contributed by atoms with Crippen LogP contribution in [0, 0.1) is 13.8 Å². The summed E-state index contributed by atoms with van der Waals surface area (Å²) in [5, 5.41) is 3.79. The number of nitrogens with one attached hydrogen (secondary N) is 1. The fourth-order valence-electron chi connectivity index (χ4n) is 5.38. The molecule has 0 radical (unpaired) electrons. The Balaban J connectivity index is 0.00000148. The van der Waals surface area contributed by atoms with Gasteiger partial charge >= 0.3 is 0 Å². The van der Waals surface area contributed by atoms with Gasteiger partial charge in [-0.2, -0.15) is 0 Å². The molecular formula is C32H42N4. The van der Waals surface area contributed by atoms with Crippen LogP contribution in [-0.2, 0) is 13.0 Å². The summed E-state index contributed by atoms with van der Waals surface area (Å²) >= 11 is 0. The molecule has 36 heavy (non-hydrogen) atoms. The highest BCUT2D eigenvalue weighted by molar-refractivity contribution is 5.95. The fourth-order valence-corrected chi connectivity index (χ4v) is 5.38. The van der Waals surface area contributed by atoms with Crippen molar-refractivity contribution >= 4 is 16.7 Å². The van der Waals surface area contributed by atoms with E-state index in [0.29, 0.717) is 6.04 Å². The maximum Gasteiger partial charge on any atom is 0.0942 e. The second-order valence-corrected chi connectivity index (χ2v) is 10.0. The Bertz CT molecular complexity index is 1310. The third-order valence-corrected chi connectivity index (χ3v) is 7.49. The first-order valence-corrected chi connectivity index (χ1v) is 13.8. The van der Waals surface area contributed by atoms with Crippen molar-refractivity contribution in [2.75, 3.05) is 5.32 Å². The molecule has 190 valence electrons. The molecule has 4 nitrogen and oxygen atoms in total. The van der Waals surface area contributed by atoms with Crippen LogP contribution in [0.1, 0.15) is 93.9 Å². The number of aromatic nitrogens is 3. The smallest absolute Gasteiger partial charge is 0.0942 e. The Kier molecular flexibility index (Phi) is 8.13. The van der Waals surface area contributed by atoms with Crippen LogP contribution in [0.15, 0.2) is 48.7 Å². The lowest BCUT2D eigenvalue weighted by Gasteiger charge is -2.25. The summed E-state index contributed by atoms with van der Waals surface area (Å²) < 4.78 is 2.47. The average Bonchev–Trinajstić information content (AvgIpc) is 3.16. The van der Waals surface area contributed by atoms with Gasteiger partial charge in [0.15, 0.2) is 0 Å². The van der Waals surface area contributed by atoms with E-state index in [1.807, 2.05) is 26.1 Å². The van der Waals surface area contributed by atoms with Crippen molar-refractivity contribution in [2.24, 2.45) is 0 Å². The van der Waals surface area contributed by atoms with Crippen LogP contribution in [0.2, 0.25) is 0 Å². The van der Waals surface area contributed by atoms with Crippen molar-refractivity contribution in [3.63, 3.8) is 0 Å². The van der Waals surface area contributed by atoms with Gasteiger partial charge in [0, 0.05) is 35.7 Å². The molecule has 5 rings (SSSR count). The lowest BCUT2D eigenvalue weighted by atomic mass is 9.80. The minimum absolute atomic E-state index is 0.362. The van der Waals surface area contributed by atoms with Crippen LogP contribution in [0.3, 0.4) is 0 Å². The number of rotatable bonds is 7. The molecule has 0 bridgehead atoms. The summed E-state index contributed by atoms with van der Waals surface area (Å²) in [7, 11) is 0. The molecule has 3 aromatic heterocycles. The predicted octanol–water partition coefficient (Wildman–Crippen LogP) is 8.76. The first-order chi connectivity index (χ1) is 17.5. The third-order valence-electron chi connectivity index (χ3n) is 7.49. The standard InChI is InChI=1S/C30H36N4.C2H6/c1-6-28-20(4)29-30(34(28)19(2)3)27(17-26(33-29)25-11-8-16-31-21(25)5)32-18-22-12-14-24(15-13-22)23-9-7-10-23;1-2/h8,11-17,19,23H,6-7,9-10,18H2,1-5H3,(H,32,33);1-2H3. The van der Waals surface area contributed by atoms with Crippen molar-refractivity contribution in [1.29, 1.82) is 0 Å². The molecule has 0 unspecified atom stereocenters. The van der Waals surface area contributed by atoms with Crippen molar-refractivity contribution in [3.05, 3.63) is 76.7 Å². The van der Waals surface area contributed by atoms with E-state index in [1.165, 1.54) is 47.2 Å². The SMILES string of the molecule is CC.CCc1c(C)c2nc(-c3cccnc3C)cc(NCc3ccc(C4CCC4)cc3)c2n1C(C)C. The molecule has 1 N–H and O–H groups in total. The molecule has 0 atom stereocenters. The minimum Gasteiger partial charge on any atom is -0.379 e. The van der Waals surface area contributed by atoms with Crippen molar-refractivity contribution < 1.29 is 0 Å². The van der Waals surface area contributed by atoms with Gasteiger partial charge in [-0.05, 0) is 87.8 Å². The zero-order valence-electron chi connectivity index (χ0n) is 23.2. The highest BCUT2D eigenvalue weighted by atomic mass is 15.1. The van der Waals surface area contributed by atoms with Crippen LogP contribution >= 0.6 is 0 Å². The Morgan fingerprint density at radius 3 is 2.36 bits per heavy atom. The zero-order chi connectivity index (χ0) is 25.8. The summed E-state index contributed by atoms with van der Waals surface area (Å²) in [5.74, 6) is 0.775. The third kappa shape index (κ3) is 4.91. The monoisotopic (exact) mass is 482 g/mol. The molecule has 1 aliphatic rings. The lowest BCUT2D eigenvalue weighted by molar-refractivity contribution is 0.419. The number of fused-ring (bicyclic) bond motifs is 1. The molecule has 0 amide bonds. The number of nitrogens with zero attached hydrogens (tertiary/aromatic N) is 3. The van der Waals surface area contributed by atoms with Crippen LogP contribution in [-0.4, -0.2) is 14.5 Å². The van der Waals surface area contributed by atoms with E-state index in [0.717, 1.165) is 47.0 Å². The van der Waals surface area contributed by atoms with Gasteiger partial charge in [0.1, 0.15) is 0 Å². The molecular weight excluding hydrogens is 440 g/mol. The molecule has 4 aromatic rings. The molecule has 0 aliphatic heterocycles. The summed E-state index contributed by atoms with van der Waals surface area (Å²) in [6.07, 6.45) is 6.89. The van der Waals surface area contributed by atoms with Crippen LogP contribution in [0.25, 0.3) is 22.3 Å². The van der Waals surface area contributed by atoms with Crippen LogP contribution in [0.4, 0.5) is 5.69 Å². The Labute approximate surface area is 217 Å². The number of pyridine rings is 2. The molecule has 0 spiro atoms. The van der Waals surface area contributed by atoms with E-state index in [9.17, 15) is 0 Å². The maximum absolute atomic E-state index is 5.18. The Hall–Kier alpha value is -3.14. The van der Waals surface area contributed by atoms with E-state index in [-0.39, 0.29) is 0 Å². The molecule has 1 fully saturated rings. The Morgan fingerprint density at radius 1 is 1.06 bits per heavy atom. The molecule has 3 heterocycles. The van der Waals surface area contributed by atoms with Crippen molar-refractivity contribution in [2.45, 2.75) is 92.7 Å². The van der Waals surface area contributed by atoms with Crippen LogP contribution < -0.4 is 5.32 Å². The molecule has 1 aliphatic carbocycles.